The number of halogens is 11. The molecule has 0 radical (unpaired) electrons. The average Bonchev–Trinajstić information content (AvgIpc) is 3.89. The Morgan fingerprint density at radius 3 is 2.18 bits per heavy atom. The molecule has 0 aliphatic carbocycles. The van der Waals surface area contributed by atoms with Gasteiger partial charge in [0.15, 0.2) is 0 Å². The van der Waals surface area contributed by atoms with Gasteiger partial charge in [0.1, 0.15) is 12.3 Å². The van der Waals surface area contributed by atoms with Crippen LogP contribution < -0.4 is 21.3 Å². The van der Waals surface area contributed by atoms with Gasteiger partial charge in [0, 0.05) is 62.2 Å². The van der Waals surface area contributed by atoms with Crippen LogP contribution in [0.4, 0.5) is 48.3 Å². The fourth-order valence-corrected chi connectivity index (χ4v) is 7.51. The largest absolute Gasteiger partial charge is 0.457 e. The number of nitrogens with one attached hydrogen (secondary N) is 4. The Bertz CT molecular complexity index is 1590. The van der Waals surface area contributed by atoms with Gasteiger partial charge in [-0.05, 0) is 12.8 Å². The fourth-order valence-electron chi connectivity index (χ4n) is 5.86. The molecule has 4 amide bonds. The third-order valence-electron chi connectivity index (χ3n) is 8.94. The summed E-state index contributed by atoms with van der Waals surface area (Å²) in [6.45, 7) is -3.44. The van der Waals surface area contributed by atoms with Gasteiger partial charge in [-0.15, -0.1) is 5.10 Å². The molecule has 2 aliphatic heterocycles. The zero-order valence-electron chi connectivity index (χ0n) is 33.2. The molecule has 1 aromatic rings. The molecule has 28 heteroatoms. The van der Waals surface area contributed by atoms with E-state index in [2.05, 4.69) is 35.7 Å². The maximum absolute atomic E-state index is 14.3. The SMILES string of the molecule is CC(F)(F)COC(F)(C(F)(F)F)C(F)(F)OC(C(=O)NCCOCCNC(=O)CCOCCOCCn1cc(CNC(=O)CCCC[C@@H]2SC[C@@H]3NC(=O)C[C@@H]32)nn1)C(F)(F)F. The zero-order chi connectivity index (χ0) is 46.2. The lowest BCUT2D eigenvalue weighted by atomic mass is 9.94. The summed E-state index contributed by atoms with van der Waals surface area (Å²) in [7, 11) is 0. The number of carbonyl (C=O) groups is 4. The Hall–Kier alpha value is -3.60. The molecule has 2 aliphatic rings. The summed E-state index contributed by atoms with van der Waals surface area (Å²) in [6.07, 6.45) is -18.9. The first-order valence-electron chi connectivity index (χ1n) is 19.2. The van der Waals surface area contributed by atoms with Crippen molar-refractivity contribution in [1.82, 2.24) is 36.3 Å². The number of hydrogen-bond donors (Lipinski definition) is 4. The highest BCUT2D eigenvalue weighted by atomic mass is 32.2. The number of hydrogen-bond acceptors (Lipinski definition) is 12. The van der Waals surface area contributed by atoms with E-state index in [-0.39, 0.29) is 77.3 Å². The molecule has 2 unspecified atom stereocenters. The number of thioether (sulfide) groups is 1. The lowest BCUT2D eigenvalue weighted by molar-refractivity contribution is -0.474. The first-order valence-corrected chi connectivity index (χ1v) is 20.2. The van der Waals surface area contributed by atoms with Crippen molar-refractivity contribution in [3.63, 3.8) is 0 Å². The summed E-state index contributed by atoms with van der Waals surface area (Å²) in [4.78, 5) is 47.7. The summed E-state index contributed by atoms with van der Waals surface area (Å²) in [5.41, 5.74) is 0.574. The minimum absolute atomic E-state index is 0.00574. The smallest absolute Gasteiger partial charge is 0.379 e. The van der Waals surface area contributed by atoms with Gasteiger partial charge in [0.05, 0.1) is 58.9 Å². The number of aromatic nitrogens is 3. The molecule has 356 valence electrons. The molecule has 5 atom stereocenters. The maximum atomic E-state index is 14.3. The molecular weight excluding hydrogens is 891 g/mol. The van der Waals surface area contributed by atoms with E-state index < -0.39 is 67.9 Å². The third kappa shape index (κ3) is 17.5. The van der Waals surface area contributed by atoms with Crippen LogP contribution >= 0.6 is 11.8 Å². The Kier molecular flexibility index (Phi) is 20.3. The van der Waals surface area contributed by atoms with Crippen molar-refractivity contribution in [3.8, 4) is 0 Å². The fraction of sp³-hybridized carbons (Fsp3) is 0.824. The molecule has 2 fully saturated rings. The molecule has 4 N–H and O–H groups in total. The van der Waals surface area contributed by atoms with Gasteiger partial charge in [-0.3, -0.25) is 23.9 Å². The molecular formula is C34H48F11N7O9S. The number of alkyl halides is 11. The number of nitrogens with zero attached hydrogens (tertiary/aromatic N) is 3. The van der Waals surface area contributed by atoms with Crippen molar-refractivity contribution in [3.05, 3.63) is 11.9 Å². The van der Waals surface area contributed by atoms with Crippen molar-refractivity contribution in [2.75, 3.05) is 65.1 Å². The number of rotatable bonds is 29. The molecule has 3 heterocycles. The number of carbonyl (C=O) groups excluding carboxylic acids is 4. The minimum atomic E-state index is -6.89. The number of amides is 4. The van der Waals surface area contributed by atoms with Crippen molar-refractivity contribution in [1.29, 1.82) is 0 Å². The van der Waals surface area contributed by atoms with Crippen LogP contribution in [0.2, 0.25) is 0 Å². The van der Waals surface area contributed by atoms with Gasteiger partial charge >= 0.3 is 24.3 Å². The number of unbranched alkanes of at least 4 members (excludes halogenated alkanes) is 1. The summed E-state index contributed by atoms with van der Waals surface area (Å²) in [5, 5.41) is 18.1. The predicted molar refractivity (Wildman–Crippen MR) is 192 cm³/mol. The lowest BCUT2D eigenvalue weighted by Crippen LogP contribution is -2.62. The van der Waals surface area contributed by atoms with E-state index in [1.165, 1.54) is 5.32 Å². The Morgan fingerprint density at radius 1 is 0.871 bits per heavy atom. The summed E-state index contributed by atoms with van der Waals surface area (Å²) in [6, 6.07) is 0.278. The Morgan fingerprint density at radius 2 is 1.52 bits per heavy atom. The molecule has 0 spiro atoms. The first kappa shape index (κ1) is 52.7. The highest BCUT2D eigenvalue weighted by molar-refractivity contribution is 8.00. The van der Waals surface area contributed by atoms with Crippen LogP contribution in [-0.2, 0) is 56.0 Å². The van der Waals surface area contributed by atoms with Gasteiger partial charge in [-0.1, -0.05) is 11.6 Å². The summed E-state index contributed by atoms with van der Waals surface area (Å²) in [5.74, 6) is -12.4. The second-order valence-electron chi connectivity index (χ2n) is 14.1. The maximum Gasteiger partial charge on any atom is 0.457 e. The van der Waals surface area contributed by atoms with Crippen molar-refractivity contribution in [2.45, 2.75) is 106 Å². The third-order valence-corrected chi connectivity index (χ3v) is 10.5. The predicted octanol–water partition coefficient (Wildman–Crippen LogP) is 3.19. The average molecular weight is 940 g/mol. The van der Waals surface area contributed by atoms with Crippen molar-refractivity contribution >= 4 is 35.4 Å². The van der Waals surface area contributed by atoms with Gasteiger partial charge in [-0.25, -0.2) is 13.5 Å². The van der Waals surface area contributed by atoms with Crippen LogP contribution in [-0.4, -0.2) is 151 Å². The van der Waals surface area contributed by atoms with Gasteiger partial charge in [0.2, 0.25) is 23.8 Å². The van der Waals surface area contributed by atoms with Crippen LogP contribution in [0.3, 0.4) is 0 Å². The standard InChI is InChI=1S/C34H48F11N7O9S/c1-30(35,36)20-60-32(40,33(41,42)43)34(44,45)61-28(31(37,38)39)29(56)47-8-12-58-11-7-46-26(54)6-10-57-14-15-59-13-9-52-18-21(50-51-52)17-48-25(53)5-3-2-4-24-22-16-27(55)49-23(22)19-62-24/h18,22-24,28H,2-17,19-20H2,1H3,(H,46,54)(H,47,56)(H,48,53)(H,49,55)/t22-,23-,24-,28?,32?/m0/s1. The highest BCUT2D eigenvalue weighted by Gasteiger charge is 2.76. The molecule has 1 aromatic heterocycles. The highest BCUT2D eigenvalue weighted by Crippen LogP contribution is 2.49. The van der Waals surface area contributed by atoms with Gasteiger partial charge in [0.25, 0.3) is 11.8 Å². The Balaban J connectivity index is 1.18. The zero-order valence-corrected chi connectivity index (χ0v) is 34.0. The van der Waals surface area contributed by atoms with E-state index in [9.17, 15) is 67.5 Å². The van der Waals surface area contributed by atoms with Crippen LogP contribution in [0.1, 0.15) is 51.1 Å². The van der Waals surface area contributed by atoms with E-state index in [4.69, 9.17) is 14.2 Å². The van der Waals surface area contributed by atoms with Crippen molar-refractivity contribution in [2.24, 2.45) is 5.92 Å². The second kappa shape index (κ2) is 23.9. The van der Waals surface area contributed by atoms with Gasteiger partial charge < -0.3 is 40.2 Å². The Labute approximate surface area is 351 Å². The lowest BCUT2D eigenvalue weighted by Gasteiger charge is -2.36. The van der Waals surface area contributed by atoms with Gasteiger partial charge in [-0.2, -0.15) is 51.3 Å². The van der Waals surface area contributed by atoms with Crippen LogP contribution in [0.25, 0.3) is 0 Å². The molecule has 0 aromatic carbocycles. The van der Waals surface area contributed by atoms with Crippen LogP contribution in [0.5, 0.6) is 0 Å². The van der Waals surface area contributed by atoms with E-state index in [0.29, 0.717) is 36.2 Å². The summed E-state index contributed by atoms with van der Waals surface area (Å²) < 4.78 is 170. The topological polar surface area (TPSA) is 193 Å². The van der Waals surface area contributed by atoms with E-state index >= 15 is 0 Å². The normalized spacial score (nSPS) is 19.7. The van der Waals surface area contributed by atoms with Crippen molar-refractivity contribution < 1.29 is 91.2 Å². The van der Waals surface area contributed by atoms with Crippen LogP contribution in [0, 0.1) is 5.92 Å². The quantitative estimate of drug-likeness (QED) is 0.0679. The molecule has 2 saturated heterocycles. The molecule has 0 bridgehead atoms. The van der Waals surface area contributed by atoms with E-state index in [1.807, 2.05) is 11.8 Å². The molecule has 0 saturated carbocycles. The van der Waals surface area contributed by atoms with E-state index in [1.54, 1.807) is 10.9 Å². The summed E-state index contributed by atoms with van der Waals surface area (Å²) >= 11 is 1.89. The number of ether oxygens (including phenoxy) is 5. The van der Waals surface area contributed by atoms with E-state index in [0.717, 1.165) is 25.0 Å². The minimum Gasteiger partial charge on any atom is -0.379 e. The molecule has 3 rings (SSSR count). The molecule has 16 nitrogen and oxygen atoms in total. The first-order chi connectivity index (χ1) is 28.9. The second-order valence-corrected chi connectivity index (χ2v) is 15.4. The van der Waals surface area contributed by atoms with Crippen LogP contribution in [0.15, 0.2) is 6.20 Å². The number of fused-ring (bicyclic) bond motifs is 1. The molecule has 62 heavy (non-hydrogen) atoms. The monoisotopic (exact) mass is 939 g/mol.